The van der Waals surface area contributed by atoms with Crippen LogP contribution >= 0.6 is 15.9 Å². The number of nitrogens with zero attached hydrogens (tertiary/aromatic N) is 1. The lowest BCUT2D eigenvalue weighted by atomic mass is 10.0. The first kappa shape index (κ1) is 13.7. The number of hydrogen-bond acceptors (Lipinski definition) is 1. The van der Waals surface area contributed by atoms with Crippen molar-refractivity contribution in [3.63, 3.8) is 0 Å². The quantitative estimate of drug-likeness (QED) is 0.742. The maximum atomic E-state index is 3.57. The van der Waals surface area contributed by atoms with E-state index < -0.39 is 0 Å². The van der Waals surface area contributed by atoms with Gasteiger partial charge in [-0.2, -0.15) is 0 Å². The molecule has 0 unspecified atom stereocenters. The van der Waals surface area contributed by atoms with Gasteiger partial charge in [0.05, 0.1) is 0 Å². The van der Waals surface area contributed by atoms with Gasteiger partial charge in [0.15, 0.2) is 0 Å². The summed E-state index contributed by atoms with van der Waals surface area (Å²) in [5.41, 5.74) is 2.99. The van der Waals surface area contributed by atoms with Crippen molar-refractivity contribution in [2.75, 3.05) is 12.4 Å². The van der Waals surface area contributed by atoms with E-state index in [1.54, 1.807) is 0 Å². The van der Waals surface area contributed by atoms with Crippen LogP contribution in [0.2, 0.25) is 0 Å². The third-order valence-corrected chi connectivity index (χ3v) is 4.58. The van der Waals surface area contributed by atoms with E-state index in [0.717, 1.165) is 18.3 Å². The molecule has 0 saturated carbocycles. The average molecular weight is 284 g/mol. The van der Waals surface area contributed by atoms with Gasteiger partial charge in [-0.15, -0.1) is 0 Å². The molecule has 0 saturated heterocycles. The molecule has 0 fully saturated rings. The van der Waals surface area contributed by atoms with Crippen molar-refractivity contribution in [2.45, 2.75) is 39.3 Å². The van der Waals surface area contributed by atoms with Crippen LogP contribution in [0.3, 0.4) is 0 Å². The molecule has 0 radical (unpaired) electrons. The Bertz CT molecular complexity index is 316. The van der Waals surface area contributed by atoms with Crippen molar-refractivity contribution in [1.29, 1.82) is 0 Å². The standard InChI is InChI=1S/C14H22BrN/c1-5-12-6-8-13(9-7-12)10-16(4)14(2,3)11-15/h6-9H,5,10-11H2,1-4H3. The van der Waals surface area contributed by atoms with Crippen LogP contribution in [0.4, 0.5) is 0 Å². The van der Waals surface area contributed by atoms with Gasteiger partial charge in [0, 0.05) is 17.4 Å². The molecule has 0 spiro atoms. The molecule has 0 atom stereocenters. The monoisotopic (exact) mass is 283 g/mol. The predicted octanol–water partition coefficient (Wildman–Crippen LogP) is 3.85. The van der Waals surface area contributed by atoms with Crippen molar-refractivity contribution in [1.82, 2.24) is 4.90 Å². The second kappa shape index (κ2) is 5.83. The second-order valence-electron chi connectivity index (χ2n) is 4.97. The Morgan fingerprint density at radius 3 is 2.06 bits per heavy atom. The van der Waals surface area contributed by atoms with Gasteiger partial charge in [-0.1, -0.05) is 47.1 Å². The zero-order valence-electron chi connectivity index (χ0n) is 10.8. The molecule has 0 aliphatic rings. The zero-order chi connectivity index (χ0) is 12.2. The van der Waals surface area contributed by atoms with Crippen LogP contribution in [-0.4, -0.2) is 22.8 Å². The summed E-state index contributed by atoms with van der Waals surface area (Å²) in [6.45, 7) is 7.70. The number of benzene rings is 1. The van der Waals surface area contributed by atoms with Gasteiger partial charge in [-0.05, 0) is 38.4 Å². The lowest BCUT2D eigenvalue weighted by Gasteiger charge is -2.34. The predicted molar refractivity (Wildman–Crippen MR) is 75.2 cm³/mol. The maximum absolute atomic E-state index is 3.57. The molecule has 1 rings (SSSR count). The molecule has 1 nitrogen and oxygen atoms in total. The highest BCUT2D eigenvalue weighted by Gasteiger charge is 2.21. The fourth-order valence-corrected chi connectivity index (χ4v) is 1.90. The highest BCUT2D eigenvalue weighted by atomic mass is 79.9. The molecule has 90 valence electrons. The van der Waals surface area contributed by atoms with Gasteiger partial charge >= 0.3 is 0 Å². The second-order valence-corrected chi connectivity index (χ2v) is 5.53. The van der Waals surface area contributed by atoms with Crippen LogP contribution < -0.4 is 0 Å². The normalized spacial score (nSPS) is 12.1. The summed E-state index contributed by atoms with van der Waals surface area (Å²) < 4.78 is 0. The highest BCUT2D eigenvalue weighted by molar-refractivity contribution is 9.09. The zero-order valence-corrected chi connectivity index (χ0v) is 12.3. The fourth-order valence-electron chi connectivity index (χ4n) is 1.47. The molecular weight excluding hydrogens is 262 g/mol. The van der Waals surface area contributed by atoms with Crippen molar-refractivity contribution in [3.8, 4) is 0 Å². The van der Waals surface area contributed by atoms with Crippen LogP contribution in [0.15, 0.2) is 24.3 Å². The van der Waals surface area contributed by atoms with E-state index in [9.17, 15) is 0 Å². The molecule has 16 heavy (non-hydrogen) atoms. The van der Waals surface area contributed by atoms with E-state index in [1.165, 1.54) is 11.1 Å². The molecule has 0 heterocycles. The summed E-state index contributed by atoms with van der Waals surface area (Å²) in [6, 6.07) is 8.92. The van der Waals surface area contributed by atoms with Crippen molar-refractivity contribution in [3.05, 3.63) is 35.4 Å². The maximum Gasteiger partial charge on any atom is 0.0250 e. The van der Waals surface area contributed by atoms with Crippen molar-refractivity contribution >= 4 is 15.9 Å². The first-order valence-electron chi connectivity index (χ1n) is 5.84. The average Bonchev–Trinajstić information content (AvgIpc) is 2.30. The van der Waals surface area contributed by atoms with Gasteiger partial charge < -0.3 is 0 Å². The van der Waals surface area contributed by atoms with E-state index in [0.29, 0.717) is 0 Å². The topological polar surface area (TPSA) is 3.24 Å². The summed E-state index contributed by atoms with van der Waals surface area (Å²) in [4.78, 5) is 2.38. The molecule has 0 N–H and O–H groups in total. The lowest BCUT2D eigenvalue weighted by Crippen LogP contribution is -2.41. The van der Waals surface area contributed by atoms with Crippen LogP contribution in [0, 0.1) is 0 Å². The number of hydrogen-bond donors (Lipinski definition) is 0. The Hall–Kier alpha value is -0.340. The molecule has 0 aromatic heterocycles. The number of alkyl halides is 1. The van der Waals surface area contributed by atoms with E-state index in [4.69, 9.17) is 0 Å². The summed E-state index contributed by atoms with van der Waals surface area (Å²) >= 11 is 3.57. The van der Waals surface area contributed by atoms with Gasteiger partial charge in [-0.25, -0.2) is 0 Å². The number of aryl methyl sites for hydroxylation is 1. The Morgan fingerprint density at radius 2 is 1.62 bits per heavy atom. The van der Waals surface area contributed by atoms with Gasteiger partial charge in [0.25, 0.3) is 0 Å². The third kappa shape index (κ3) is 3.60. The third-order valence-electron chi connectivity index (χ3n) is 3.21. The van der Waals surface area contributed by atoms with Crippen LogP contribution in [-0.2, 0) is 13.0 Å². The largest absolute Gasteiger partial charge is 0.296 e. The smallest absolute Gasteiger partial charge is 0.0250 e. The van der Waals surface area contributed by atoms with Crippen molar-refractivity contribution < 1.29 is 0 Å². The minimum atomic E-state index is 0.198. The van der Waals surface area contributed by atoms with Gasteiger partial charge in [-0.3, -0.25) is 4.90 Å². The van der Waals surface area contributed by atoms with Gasteiger partial charge in [0.2, 0.25) is 0 Å². The summed E-state index contributed by atoms with van der Waals surface area (Å²) in [5, 5.41) is 0.990. The Labute approximate surface area is 108 Å². The first-order valence-corrected chi connectivity index (χ1v) is 6.96. The molecule has 1 aromatic carbocycles. The lowest BCUT2D eigenvalue weighted by molar-refractivity contribution is 0.173. The van der Waals surface area contributed by atoms with Crippen LogP contribution in [0.25, 0.3) is 0 Å². The van der Waals surface area contributed by atoms with E-state index in [1.807, 2.05) is 0 Å². The molecule has 0 bridgehead atoms. The summed E-state index contributed by atoms with van der Waals surface area (Å²) in [5.74, 6) is 0. The highest BCUT2D eigenvalue weighted by Crippen LogP contribution is 2.18. The molecule has 2 heteroatoms. The molecule has 0 aliphatic heterocycles. The minimum Gasteiger partial charge on any atom is -0.296 e. The Balaban J connectivity index is 2.66. The number of rotatable bonds is 5. The SMILES string of the molecule is CCc1ccc(CN(C)C(C)(C)CBr)cc1. The fraction of sp³-hybridized carbons (Fsp3) is 0.571. The van der Waals surface area contributed by atoms with E-state index in [2.05, 4.69) is 72.9 Å². The molecule has 0 aliphatic carbocycles. The molecule has 0 amide bonds. The Kier molecular flexibility index (Phi) is 5.00. The van der Waals surface area contributed by atoms with E-state index >= 15 is 0 Å². The van der Waals surface area contributed by atoms with Crippen LogP contribution in [0.1, 0.15) is 31.9 Å². The van der Waals surface area contributed by atoms with Crippen molar-refractivity contribution in [2.24, 2.45) is 0 Å². The summed E-state index contributed by atoms with van der Waals surface area (Å²) in [7, 11) is 2.18. The molecular formula is C14H22BrN. The molecule has 1 aromatic rings. The minimum absolute atomic E-state index is 0.198. The Morgan fingerprint density at radius 1 is 1.12 bits per heavy atom. The van der Waals surface area contributed by atoms with Gasteiger partial charge in [0.1, 0.15) is 0 Å². The van der Waals surface area contributed by atoms with E-state index in [-0.39, 0.29) is 5.54 Å². The van der Waals surface area contributed by atoms with Crippen LogP contribution in [0.5, 0.6) is 0 Å². The first-order chi connectivity index (χ1) is 7.49. The number of halogens is 1. The summed E-state index contributed by atoms with van der Waals surface area (Å²) in [6.07, 6.45) is 1.11.